The quantitative estimate of drug-likeness (QED) is 0.609. The van der Waals surface area contributed by atoms with Gasteiger partial charge in [0.05, 0.1) is 12.8 Å². The van der Waals surface area contributed by atoms with Crippen LogP contribution in [-0.4, -0.2) is 22.2 Å². The lowest BCUT2D eigenvalue weighted by Gasteiger charge is -1.85. The van der Waals surface area contributed by atoms with Crippen molar-refractivity contribution in [3.8, 4) is 0 Å². The van der Waals surface area contributed by atoms with Gasteiger partial charge in [0, 0.05) is 0 Å². The molecule has 0 rings (SSSR count). The van der Waals surface area contributed by atoms with Crippen molar-refractivity contribution < 1.29 is 19.8 Å². The summed E-state index contributed by atoms with van der Waals surface area (Å²) in [4.78, 5) is 19.3. The first-order chi connectivity index (χ1) is 5.90. The summed E-state index contributed by atoms with van der Waals surface area (Å²) in [6.07, 6.45) is 0.991. The number of carbonyl (C=O) groups is 2. The average molecular weight is 189 g/mol. The topological polar surface area (TPSA) is 101 Å². The standard InChI is InChI=1S/C4H9N.C4H6O4/c1-4(2)3-5;5-3(6)1-2-4(7)8/h3H,5H2,1-2H3;1-2H2,(H,5,6)(H,7,8). The molecule has 0 aromatic carbocycles. The molecule has 0 bridgehead atoms. The second kappa shape index (κ2) is 8.58. The molecule has 0 aliphatic rings. The fourth-order valence-corrected chi connectivity index (χ4v) is 0.214. The van der Waals surface area contributed by atoms with Gasteiger partial charge in [0.25, 0.3) is 0 Å². The summed E-state index contributed by atoms with van der Waals surface area (Å²) >= 11 is 0. The van der Waals surface area contributed by atoms with Crippen molar-refractivity contribution in [1.29, 1.82) is 0 Å². The van der Waals surface area contributed by atoms with Crippen LogP contribution < -0.4 is 5.73 Å². The summed E-state index contributed by atoms with van der Waals surface area (Å²) in [5.74, 6) is -2.15. The Morgan fingerprint density at radius 1 is 1.15 bits per heavy atom. The van der Waals surface area contributed by atoms with Gasteiger partial charge < -0.3 is 15.9 Å². The fraction of sp³-hybridized carbons (Fsp3) is 0.500. The molecule has 76 valence electrons. The first kappa shape index (κ1) is 14.0. The molecule has 0 saturated heterocycles. The SMILES string of the molecule is CC(C)=CN.O=C(O)CCC(=O)O. The molecule has 5 nitrogen and oxygen atoms in total. The number of allylic oxidation sites excluding steroid dienone is 1. The van der Waals surface area contributed by atoms with Gasteiger partial charge in [-0.1, -0.05) is 5.57 Å². The molecule has 0 spiro atoms. The lowest BCUT2D eigenvalue weighted by atomic mass is 10.3. The van der Waals surface area contributed by atoms with Crippen LogP contribution in [0.15, 0.2) is 11.8 Å². The van der Waals surface area contributed by atoms with Gasteiger partial charge in [0.2, 0.25) is 0 Å². The molecule has 13 heavy (non-hydrogen) atoms. The number of nitrogens with two attached hydrogens (primary N) is 1. The first-order valence-electron chi connectivity index (χ1n) is 3.68. The van der Waals surface area contributed by atoms with Crippen LogP contribution in [0.5, 0.6) is 0 Å². The second-order valence-electron chi connectivity index (χ2n) is 2.53. The number of hydrogen-bond acceptors (Lipinski definition) is 3. The summed E-state index contributed by atoms with van der Waals surface area (Å²) in [6, 6.07) is 0. The van der Waals surface area contributed by atoms with Crippen LogP contribution in [0.3, 0.4) is 0 Å². The molecule has 0 aromatic rings. The molecule has 4 N–H and O–H groups in total. The summed E-state index contributed by atoms with van der Waals surface area (Å²) < 4.78 is 0. The van der Waals surface area contributed by atoms with Gasteiger partial charge in [-0.15, -0.1) is 0 Å². The second-order valence-corrected chi connectivity index (χ2v) is 2.53. The van der Waals surface area contributed by atoms with Crippen LogP contribution in [0.25, 0.3) is 0 Å². The summed E-state index contributed by atoms with van der Waals surface area (Å²) in [6.45, 7) is 3.92. The summed E-state index contributed by atoms with van der Waals surface area (Å²) in [5.41, 5.74) is 6.17. The van der Waals surface area contributed by atoms with Gasteiger partial charge in [0.1, 0.15) is 0 Å². The molecule has 0 unspecified atom stereocenters. The van der Waals surface area contributed by atoms with Crippen molar-refractivity contribution in [2.24, 2.45) is 5.73 Å². The van der Waals surface area contributed by atoms with Crippen molar-refractivity contribution in [2.45, 2.75) is 26.7 Å². The monoisotopic (exact) mass is 189 g/mol. The zero-order valence-electron chi connectivity index (χ0n) is 7.78. The van der Waals surface area contributed by atoms with Gasteiger partial charge in [-0.2, -0.15) is 0 Å². The van der Waals surface area contributed by atoms with Crippen molar-refractivity contribution in [3.63, 3.8) is 0 Å². The summed E-state index contributed by atoms with van der Waals surface area (Å²) in [5, 5.41) is 15.8. The van der Waals surface area contributed by atoms with E-state index in [0.29, 0.717) is 0 Å². The molecule has 0 aromatic heterocycles. The van der Waals surface area contributed by atoms with Crippen LogP contribution in [0.1, 0.15) is 26.7 Å². The minimum absolute atomic E-state index is 0.296. The number of rotatable bonds is 3. The van der Waals surface area contributed by atoms with E-state index < -0.39 is 11.9 Å². The molecule has 5 heteroatoms. The van der Waals surface area contributed by atoms with E-state index in [1.807, 2.05) is 13.8 Å². The smallest absolute Gasteiger partial charge is 0.303 e. The van der Waals surface area contributed by atoms with Gasteiger partial charge in [0.15, 0.2) is 0 Å². The van der Waals surface area contributed by atoms with Gasteiger partial charge in [-0.05, 0) is 20.0 Å². The maximum absolute atomic E-state index is 9.64. The van der Waals surface area contributed by atoms with E-state index in [1.165, 1.54) is 0 Å². The predicted molar refractivity (Wildman–Crippen MR) is 48.1 cm³/mol. The molecule has 0 saturated carbocycles. The summed E-state index contributed by atoms with van der Waals surface area (Å²) in [7, 11) is 0. The molecule has 0 amide bonds. The third-order valence-corrected chi connectivity index (χ3v) is 0.886. The Balaban J connectivity index is 0. The highest BCUT2D eigenvalue weighted by atomic mass is 16.4. The van der Waals surface area contributed by atoms with Gasteiger partial charge >= 0.3 is 11.9 Å². The molecule has 0 radical (unpaired) electrons. The lowest BCUT2D eigenvalue weighted by molar-refractivity contribution is -0.143. The van der Waals surface area contributed by atoms with Crippen molar-refractivity contribution in [1.82, 2.24) is 0 Å². The Morgan fingerprint density at radius 3 is 1.46 bits per heavy atom. The Labute approximate surface area is 76.9 Å². The molecule has 0 aliphatic carbocycles. The van der Waals surface area contributed by atoms with E-state index >= 15 is 0 Å². The van der Waals surface area contributed by atoms with Crippen LogP contribution in [0, 0.1) is 0 Å². The van der Waals surface area contributed by atoms with E-state index in [9.17, 15) is 9.59 Å². The molecule has 0 heterocycles. The zero-order chi connectivity index (χ0) is 10.9. The fourth-order valence-electron chi connectivity index (χ4n) is 0.214. The molecular formula is C8H15NO4. The Bertz CT molecular complexity index is 180. The maximum atomic E-state index is 9.64. The largest absolute Gasteiger partial charge is 0.481 e. The van der Waals surface area contributed by atoms with Crippen molar-refractivity contribution >= 4 is 11.9 Å². The Morgan fingerprint density at radius 2 is 1.38 bits per heavy atom. The first-order valence-corrected chi connectivity index (χ1v) is 3.68. The number of carboxylic acids is 2. The van der Waals surface area contributed by atoms with Crippen LogP contribution in [0.2, 0.25) is 0 Å². The molecule has 0 fully saturated rings. The highest BCUT2D eigenvalue weighted by Gasteiger charge is 2.00. The third-order valence-electron chi connectivity index (χ3n) is 0.886. The van der Waals surface area contributed by atoms with E-state index in [2.05, 4.69) is 0 Å². The van der Waals surface area contributed by atoms with E-state index in [1.54, 1.807) is 6.20 Å². The predicted octanol–water partition coefficient (Wildman–Crippen LogP) is 0.805. The average Bonchev–Trinajstić information content (AvgIpc) is 2.02. The van der Waals surface area contributed by atoms with Crippen LogP contribution in [0.4, 0.5) is 0 Å². The van der Waals surface area contributed by atoms with Crippen LogP contribution >= 0.6 is 0 Å². The number of aliphatic carboxylic acids is 2. The molecular weight excluding hydrogens is 174 g/mol. The van der Waals surface area contributed by atoms with Crippen molar-refractivity contribution in [2.75, 3.05) is 0 Å². The normalized spacial score (nSPS) is 7.85. The minimum Gasteiger partial charge on any atom is -0.481 e. The minimum atomic E-state index is -1.08. The van der Waals surface area contributed by atoms with E-state index in [4.69, 9.17) is 15.9 Å². The highest BCUT2D eigenvalue weighted by molar-refractivity contribution is 5.75. The molecule has 0 aliphatic heterocycles. The van der Waals surface area contributed by atoms with Crippen molar-refractivity contribution in [3.05, 3.63) is 11.8 Å². The Hall–Kier alpha value is -1.52. The van der Waals surface area contributed by atoms with E-state index in [-0.39, 0.29) is 12.8 Å². The zero-order valence-corrected chi connectivity index (χ0v) is 7.78. The van der Waals surface area contributed by atoms with E-state index in [0.717, 1.165) is 5.57 Å². The lowest BCUT2D eigenvalue weighted by Crippen LogP contribution is -2.00. The maximum Gasteiger partial charge on any atom is 0.303 e. The third kappa shape index (κ3) is 25.1. The van der Waals surface area contributed by atoms with Gasteiger partial charge in [-0.25, -0.2) is 0 Å². The number of carboxylic acid groups (broad SMARTS) is 2. The Kier molecular flexibility index (Phi) is 9.25. The van der Waals surface area contributed by atoms with Crippen LogP contribution in [-0.2, 0) is 9.59 Å². The molecule has 0 atom stereocenters. The number of hydrogen-bond donors (Lipinski definition) is 3. The van der Waals surface area contributed by atoms with Gasteiger partial charge in [-0.3, -0.25) is 9.59 Å². The highest BCUT2D eigenvalue weighted by Crippen LogP contribution is 1.86.